The van der Waals surface area contributed by atoms with Crippen LogP contribution in [0.4, 0.5) is 4.39 Å². The molecule has 33 heavy (non-hydrogen) atoms. The van der Waals surface area contributed by atoms with Crippen molar-refractivity contribution in [2.75, 3.05) is 6.54 Å². The maximum atomic E-state index is 13.7. The van der Waals surface area contributed by atoms with Gasteiger partial charge in [0.15, 0.2) is 0 Å². The summed E-state index contributed by atoms with van der Waals surface area (Å²) in [6, 6.07) is 14.7. The van der Waals surface area contributed by atoms with Gasteiger partial charge in [0.05, 0.1) is 5.92 Å². The summed E-state index contributed by atoms with van der Waals surface area (Å²) in [5, 5.41) is 10.6. The molecule has 6 heteroatoms. The van der Waals surface area contributed by atoms with Gasteiger partial charge in [0.2, 0.25) is 5.91 Å². The van der Waals surface area contributed by atoms with Crippen molar-refractivity contribution in [3.8, 4) is 0 Å². The molecule has 1 aliphatic carbocycles. The van der Waals surface area contributed by atoms with E-state index in [0.29, 0.717) is 24.9 Å². The zero-order chi connectivity index (χ0) is 22.9. The van der Waals surface area contributed by atoms with Crippen molar-refractivity contribution in [1.82, 2.24) is 9.88 Å². The molecule has 3 unspecified atom stereocenters. The molecule has 1 saturated heterocycles. The van der Waals surface area contributed by atoms with Crippen molar-refractivity contribution in [3.05, 3.63) is 71.7 Å². The lowest BCUT2D eigenvalue weighted by atomic mass is 9.71. The van der Waals surface area contributed by atoms with Crippen molar-refractivity contribution in [2.24, 2.45) is 11.8 Å². The Morgan fingerprint density at radius 2 is 1.88 bits per heavy atom. The van der Waals surface area contributed by atoms with Crippen molar-refractivity contribution in [2.45, 2.75) is 50.5 Å². The molecular formula is C27H29FN2O3. The second-order valence-corrected chi connectivity index (χ2v) is 9.44. The number of aromatic nitrogens is 1. The Morgan fingerprint density at radius 3 is 2.67 bits per heavy atom. The van der Waals surface area contributed by atoms with E-state index in [1.54, 1.807) is 6.07 Å². The minimum atomic E-state index is -0.729. The third kappa shape index (κ3) is 4.14. The standard InChI is InChI=1S/C27H29FN2O3/c28-18-10-11-19-23(16-29-24(19)14-18)22(17-6-2-1-3-7-17)15-26(31)30-13-12-21(27(32)33)20-8-4-5-9-25(20)30/h1-3,6-7,10-11,14,16,20-22,25,29H,4-5,8-9,12-13,15H2,(H,32,33)/t20?,21?,22-,25?/m0/s1. The molecule has 2 fully saturated rings. The number of carbonyl (C=O) groups excluding carboxylic acids is 1. The van der Waals surface area contributed by atoms with Gasteiger partial charge >= 0.3 is 5.97 Å². The van der Waals surface area contributed by atoms with Gasteiger partial charge < -0.3 is 15.0 Å². The Morgan fingerprint density at radius 1 is 1.09 bits per heavy atom. The summed E-state index contributed by atoms with van der Waals surface area (Å²) in [6.45, 7) is 0.498. The van der Waals surface area contributed by atoms with Crippen LogP contribution in [0.5, 0.6) is 0 Å². The Kier molecular flexibility index (Phi) is 5.92. The molecule has 1 aliphatic heterocycles. The second-order valence-electron chi connectivity index (χ2n) is 9.44. The Hall–Kier alpha value is -3.15. The van der Waals surface area contributed by atoms with Gasteiger partial charge in [-0.3, -0.25) is 9.59 Å². The molecule has 1 saturated carbocycles. The summed E-state index contributed by atoms with van der Waals surface area (Å²) in [4.78, 5) is 30.7. The number of benzene rings is 2. The van der Waals surface area contributed by atoms with E-state index >= 15 is 0 Å². The number of nitrogens with one attached hydrogen (secondary N) is 1. The minimum absolute atomic E-state index is 0.00888. The number of carbonyl (C=O) groups is 2. The number of carboxylic acid groups (broad SMARTS) is 1. The molecule has 0 radical (unpaired) electrons. The van der Waals surface area contributed by atoms with E-state index in [1.165, 1.54) is 12.1 Å². The van der Waals surface area contributed by atoms with E-state index in [1.807, 2.05) is 41.4 Å². The average molecular weight is 449 g/mol. The van der Waals surface area contributed by atoms with E-state index in [-0.39, 0.29) is 35.5 Å². The monoisotopic (exact) mass is 448 g/mol. The topological polar surface area (TPSA) is 73.4 Å². The number of aromatic amines is 1. The summed E-state index contributed by atoms with van der Waals surface area (Å²) in [7, 11) is 0. The van der Waals surface area contributed by atoms with Crippen LogP contribution in [0, 0.1) is 17.7 Å². The highest BCUT2D eigenvalue weighted by Gasteiger charge is 2.44. The number of H-pyrrole nitrogens is 1. The number of nitrogens with zero attached hydrogens (tertiary/aromatic N) is 1. The van der Waals surface area contributed by atoms with Crippen LogP contribution in [-0.4, -0.2) is 39.5 Å². The summed E-state index contributed by atoms with van der Waals surface area (Å²) < 4.78 is 13.7. The van der Waals surface area contributed by atoms with Crippen molar-refractivity contribution < 1.29 is 19.1 Å². The highest BCUT2D eigenvalue weighted by molar-refractivity contribution is 5.86. The van der Waals surface area contributed by atoms with E-state index in [4.69, 9.17) is 0 Å². The predicted octanol–water partition coefficient (Wildman–Crippen LogP) is 5.32. The van der Waals surface area contributed by atoms with E-state index < -0.39 is 5.97 Å². The normalized spacial score (nSPS) is 23.8. The van der Waals surface area contributed by atoms with Gasteiger partial charge in [-0.15, -0.1) is 0 Å². The first-order chi connectivity index (χ1) is 16.0. The second kappa shape index (κ2) is 9.00. The van der Waals surface area contributed by atoms with Gasteiger partial charge in [-0.1, -0.05) is 43.2 Å². The summed E-state index contributed by atoms with van der Waals surface area (Å²) in [5.74, 6) is -1.44. The van der Waals surface area contributed by atoms with Crippen LogP contribution >= 0.6 is 0 Å². The van der Waals surface area contributed by atoms with Gasteiger partial charge in [-0.2, -0.15) is 0 Å². The average Bonchev–Trinajstić information content (AvgIpc) is 3.24. The Balaban J connectivity index is 1.46. The van der Waals surface area contributed by atoms with Crippen molar-refractivity contribution in [3.63, 3.8) is 0 Å². The van der Waals surface area contributed by atoms with Crippen LogP contribution in [0.2, 0.25) is 0 Å². The number of hydrogen-bond acceptors (Lipinski definition) is 2. The number of fused-ring (bicyclic) bond motifs is 2. The number of aliphatic carboxylic acids is 1. The molecule has 5 nitrogen and oxygen atoms in total. The Labute approximate surface area is 192 Å². The van der Waals surface area contributed by atoms with E-state index in [2.05, 4.69) is 4.98 Å². The number of hydrogen-bond donors (Lipinski definition) is 2. The van der Waals surface area contributed by atoms with Gasteiger partial charge in [0.25, 0.3) is 0 Å². The van der Waals surface area contributed by atoms with Crippen LogP contribution in [0.3, 0.4) is 0 Å². The van der Waals surface area contributed by atoms with Crippen molar-refractivity contribution in [1.29, 1.82) is 0 Å². The van der Waals surface area contributed by atoms with Crippen LogP contribution in [0.15, 0.2) is 54.7 Å². The molecule has 0 spiro atoms. The molecule has 2 aromatic carbocycles. The molecule has 5 rings (SSSR count). The van der Waals surface area contributed by atoms with E-state index in [9.17, 15) is 19.1 Å². The fraction of sp³-hybridized carbons (Fsp3) is 0.407. The summed E-state index contributed by atoms with van der Waals surface area (Å²) >= 11 is 0. The molecule has 1 aromatic heterocycles. The fourth-order valence-corrected chi connectivity index (χ4v) is 6.06. The van der Waals surface area contributed by atoms with Crippen LogP contribution in [0.25, 0.3) is 10.9 Å². The predicted molar refractivity (Wildman–Crippen MR) is 124 cm³/mol. The number of carboxylic acids is 1. The number of amides is 1. The smallest absolute Gasteiger partial charge is 0.306 e. The van der Waals surface area contributed by atoms with Crippen LogP contribution < -0.4 is 0 Å². The molecule has 2 aliphatic rings. The van der Waals surface area contributed by atoms with E-state index in [0.717, 1.165) is 42.2 Å². The maximum absolute atomic E-state index is 13.7. The largest absolute Gasteiger partial charge is 0.481 e. The highest BCUT2D eigenvalue weighted by Crippen LogP contribution is 2.41. The minimum Gasteiger partial charge on any atom is -0.481 e. The first-order valence-electron chi connectivity index (χ1n) is 11.9. The molecule has 2 N–H and O–H groups in total. The Bertz CT molecular complexity index is 1160. The maximum Gasteiger partial charge on any atom is 0.306 e. The molecular weight excluding hydrogens is 419 g/mol. The molecule has 1 amide bonds. The fourth-order valence-electron chi connectivity index (χ4n) is 6.06. The first kappa shape index (κ1) is 21.7. The lowest BCUT2D eigenvalue weighted by Gasteiger charge is -2.47. The SMILES string of the molecule is O=C(O)C1CCN(C(=O)C[C@@H](c2ccccc2)c2c[nH]c3cc(F)ccc23)C2CCCCC12. The quantitative estimate of drug-likeness (QED) is 0.555. The zero-order valence-electron chi connectivity index (χ0n) is 18.5. The molecule has 0 bridgehead atoms. The van der Waals surface area contributed by atoms with Gasteiger partial charge in [-0.25, -0.2) is 4.39 Å². The zero-order valence-corrected chi connectivity index (χ0v) is 18.5. The number of halogens is 1. The highest BCUT2D eigenvalue weighted by atomic mass is 19.1. The third-order valence-corrected chi connectivity index (χ3v) is 7.65. The number of rotatable bonds is 5. The number of piperidine rings is 1. The van der Waals surface area contributed by atoms with Gasteiger partial charge in [0, 0.05) is 42.0 Å². The summed E-state index contributed by atoms with van der Waals surface area (Å²) in [6.07, 6.45) is 6.53. The van der Waals surface area contributed by atoms with Gasteiger partial charge in [0.1, 0.15) is 5.82 Å². The molecule has 4 atom stereocenters. The molecule has 172 valence electrons. The van der Waals surface area contributed by atoms with Crippen LogP contribution in [-0.2, 0) is 9.59 Å². The first-order valence-corrected chi connectivity index (χ1v) is 11.9. The van der Waals surface area contributed by atoms with Crippen molar-refractivity contribution >= 4 is 22.8 Å². The molecule has 3 aromatic rings. The lowest BCUT2D eigenvalue weighted by Crippen LogP contribution is -2.54. The summed E-state index contributed by atoms with van der Waals surface area (Å²) in [5.41, 5.74) is 2.73. The van der Waals surface area contributed by atoms with Crippen LogP contribution in [0.1, 0.15) is 55.6 Å². The molecule has 2 heterocycles. The number of likely N-dealkylation sites (tertiary alicyclic amines) is 1. The third-order valence-electron chi connectivity index (χ3n) is 7.65. The lowest BCUT2D eigenvalue weighted by molar-refractivity contribution is -0.153. The van der Waals surface area contributed by atoms with Gasteiger partial charge in [-0.05, 0) is 54.5 Å².